The van der Waals surface area contributed by atoms with Crippen LogP contribution >= 0.6 is 11.6 Å². The molecule has 1 aromatic rings. The lowest BCUT2D eigenvalue weighted by atomic mass is 9.82. The quantitative estimate of drug-likeness (QED) is 0.623. The summed E-state index contributed by atoms with van der Waals surface area (Å²) in [6, 6.07) is 7.75. The highest BCUT2D eigenvalue weighted by Crippen LogP contribution is 2.36. The number of rotatable bonds is 3. The van der Waals surface area contributed by atoms with Crippen LogP contribution in [0.25, 0.3) is 0 Å². The fourth-order valence-electron chi connectivity index (χ4n) is 4.31. The lowest BCUT2D eigenvalue weighted by molar-refractivity contribution is -0.947. The van der Waals surface area contributed by atoms with Crippen molar-refractivity contribution in [1.82, 2.24) is 0 Å². The second-order valence-corrected chi connectivity index (χ2v) is 7.38. The summed E-state index contributed by atoms with van der Waals surface area (Å²) < 4.78 is 6.78. The van der Waals surface area contributed by atoms with Gasteiger partial charge in [-0.05, 0) is 37.8 Å². The first-order valence-corrected chi connectivity index (χ1v) is 8.74. The molecule has 0 saturated carbocycles. The van der Waals surface area contributed by atoms with Crippen LogP contribution in [0, 0.1) is 5.92 Å². The first-order valence-electron chi connectivity index (χ1n) is 8.36. The first kappa shape index (κ1) is 15.8. The zero-order valence-corrected chi connectivity index (χ0v) is 14.0. The highest BCUT2D eigenvalue weighted by Gasteiger charge is 2.43. The molecule has 2 aliphatic rings. The fraction of sp³-hybridized carbons (Fsp3) is 0.611. The molecule has 2 aliphatic heterocycles. The second-order valence-electron chi connectivity index (χ2n) is 6.97. The standard InChI is InChI=1S/C18H25ClNO2/c1-20-11-5-4-10-17(20)14(7-6-12-20)13-22-18(21)15-8-2-3-9-16(15)19/h2-3,8-9,14,17H,4-7,10-13H2,1H3/q+1/t14-,17-,20?/m0/s1. The number of benzene rings is 1. The molecule has 0 amide bonds. The number of piperidine rings is 2. The van der Waals surface area contributed by atoms with E-state index >= 15 is 0 Å². The van der Waals surface area contributed by atoms with Crippen LogP contribution in [0.5, 0.6) is 0 Å². The Morgan fingerprint density at radius 3 is 2.82 bits per heavy atom. The van der Waals surface area contributed by atoms with Crippen LogP contribution < -0.4 is 0 Å². The maximum absolute atomic E-state index is 12.2. The zero-order valence-electron chi connectivity index (χ0n) is 13.3. The van der Waals surface area contributed by atoms with Crippen molar-refractivity contribution in [3.8, 4) is 0 Å². The summed E-state index contributed by atoms with van der Waals surface area (Å²) in [6.07, 6.45) is 6.33. The van der Waals surface area contributed by atoms with Crippen molar-refractivity contribution >= 4 is 17.6 Å². The monoisotopic (exact) mass is 322 g/mol. The molecule has 4 heteroatoms. The van der Waals surface area contributed by atoms with Gasteiger partial charge in [-0.3, -0.25) is 0 Å². The van der Waals surface area contributed by atoms with Crippen molar-refractivity contribution in [3.63, 3.8) is 0 Å². The lowest BCUT2D eigenvalue weighted by Crippen LogP contribution is -2.61. The van der Waals surface area contributed by atoms with E-state index in [1.807, 2.05) is 12.1 Å². The average molecular weight is 323 g/mol. The average Bonchev–Trinajstić information content (AvgIpc) is 2.52. The smallest absolute Gasteiger partial charge is 0.339 e. The fourth-order valence-corrected chi connectivity index (χ4v) is 4.53. The molecule has 0 bridgehead atoms. The van der Waals surface area contributed by atoms with Crippen LogP contribution in [0.1, 0.15) is 42.5 Å². The van der Waals surface area contributed by atoms with Gasteiger partial charge in [0.25, 0.3) is 0 Å². The number of nitrogens with zero attached hydrogens (tertiary/aromatic N) is 1. The third-order valence-corrected chi connectivity index (χ3v) is 5.86. The van der Waals surface area contributed by atoms with Gasteiger partial charge in [0.05, 0.1) is 36.8 Å². The van der Waals surface area contributed by atoms with Gasteiger partial charge in [-0.15, -0.1) is 0 Å². The van der Waals surface area contributed by atoms with Gasteiger partial charge in [-0.1, -0.05) is 23.7 Å². The highest BCUT2D eigenvalue weighted by molar-refractivity contribution is 6.33. The van der Waals surface area contributed by atoms with Crippen molar-refractivity contribution in [2.24, 2.45) is 5.92 Å². The van der Waals surface area contributed by atoms with Gasteiger partial charge in [-0.25, -0.2) is 4.79 Å². The highest BCUT2D eigenvalue weighted by atomic mass is 35.5. The number of fused-ring (bicyclic) bond motifs is 1. The summed E-state index contributed by atoms with van der Waals surface area (Å²) in [5.74, 6) is 0.201. The summed E-state index contributed by atoms with van der Waals surface area (Å²) in [4.78, 5) is 12.2. The van der Waals surface area contributed by atoms with Gasteiger partial charge in [0, 0.05) is 12.3 Å². The molecule has 0 radical (unpaired) electrons. The van der Waals surface area contributed by atoms with Crippen molar-refractivity contribution < 1.29 is 14.0 Å². The molecule has 120 valence electrons. The molecular weight excluding hydrogens is 298 g/mol. The van der Waals surface area contributed by atoms with E-state index in [-0.39, 0.29) is 5.97 Å². The van der Waals surface area contributed by atoms with Crippen LogP contribution in [-0.2, 0) is 4.74 Å². The van der Waals surface area contributed by atoms with Crippen LogP contribution in [0.4, 0.5) is 0 Å². The van der Waals surface area contributed by atoms with Crippen LogP contribution in [0.3, 0.4) is 0 Å². The molecule has 2 heterocycles. The first-order chi connectivity index (χ1) is 10.6. The lowest BCUT2D eigenvalue weighted by Gasteiger charge is -2.51. The maximum Gasteiger partial charge on any atom is 0.339 e. The van der Waals surface area contributed by atoms with Crippen LogP contribution in [0.2, 0.25) is 5.02 Å². The van der Waals surface area contributed by atoms with E-state index in [9.17, 15) is 4.79 Å². The zero-order chi connectivity index (χ0) is 15.6. The Morgan fingerprint density at radius 1 is 1.23 bits per heavy atom. The van der Waals surface area contributed by atoms with E-state index in [0.717, 1.165) is 0 Å². The minimum Gasteiger partial charge on any atom is -0.462 e. The molecule has 2 saturated heterocycles. The number of esters is 1. The molecule has 3 rings (SSSR count). The SMILES string of the molecule is C[N+]12CCCC[C@H]1[C@H](COC(=O)c1ccccc1Cl)CCC2. The maximum atomic E-state index is 12.2. The molecule has 1 aromatic carbocycles. The molecule has 0 aromatic heterocycles. The third-order valence-electron chi connectivity index (χ3n) is 5.53. The number of quaternary nitrogens is 1. The molecule has 0 N–H and O–H groups in total. The Balaban J connectivity index is 1.63. The second kappa shape index (κ2) is 6.59. The number of hydrogen-bond donors (Lipinski definition) is 0. The molecular formula is C18H25ClNO2+. The third kappa shape index (κ3) is 3.16. The topological polar surface area (TPSA) is 26.3 Å². The molecule has 1 unspecified atom stereocenters. The normalized spacial score (nSPS) is 31.4. The molecule has 3 nitrogen and oxygen atoms in total. The Morgan fingerprint density at radius 2 is 2.00 bits per heavy atom. The van der Waals surface area contributed by atoms with Gasteiger partial charge in [0.15, 0.2) is 0 Å². The molecule has 2 fully saturated rings. The van der Waals surface area contributed by atoms with E-state index in [2.05, 4.69) is 7.05 Å². The summed E-state index contributed by atoms with van der Waals surface area (Å²) in [6.45, 7) is 3.09. The van der Waals surface area contributed by atoms with Crippen LogP contribution in [-0.4, -0.2) is 43.2 Å². The van der Waals surface area contributed by atoms with E-state index < -0.39 is 0 Å². The van der Waals surface area contributed by atoms with Gasteiger partial charge < -0.3 is 9.22 Å². The van der Waals surface area contributed by atoms with Gasteiger partial charge in [-0.2, -0.15) is 0 Å². The van der Waals surface area contributed by atoms with E-state index in [1.54, 1.807) is 12.1 Å². The van der Waals surface area contributed by atoms with E-state index in [1.165, 1.54) is 49.7 Å². The van der Waals surface area contributed by atoms with E-state index in [4.69, 9.17) is 16.3 Å². The molecule has 0 spiro atoms. The Bertz CT molecular complexity index is 544. The van der Waals surface area contributed by atoms with Gasteiger partial charge >= 0.3 is 5.97 Å². The van der Waals surface area contributed by atoms with Crippen molar-refractivity contribution in [1.29, 1.82) is 0 Å². The minimum absolute atomic E-state index is 0.291. The van der Waals surface area contributed by atoms with Crippen LogP contribution in [0.15, 0.2) is 24.3 Å². The van der Waals surface area contributed by atoms with Crippen molar-refractivity contribution in [3.05, 3.63) is 34.9 Å². The summed E-state index contributed by atoms with van der Waals surface area (Å²) in [7, 11) is 2.38. The Labute approximate surface area is 137 Å². The predicted octanol–water partition coefficient (Wildman–Crippen LogP) is 3.91. The van der Waals surface area contributed by atoms with Crippen molar-refractivity contribution in [2.75, 3.05) is 26.7 Å². The predicted molar refractivity (Wildman–Crippen MR) is 88.0 cm³/mol. The number of ether oxygens (including phenoxy) is 1. The molecule has 0 aliphatic carbocycles. The number of carbonyl (C=O) groups excluding carboxylic acids is 1. The minimum atomic E-state index is -0.291. The largest absolute Gasteiger partial charge is 0.462 e. The summed E-state index contributed by atoms with van der Waals surface area (Å²) in [5, 5.41) is 0.467. The van der Waals surface area contributed by atoms with Gasteiger partial charge in [0.1, 0.15) is 6.61 Å². The summed E-state index contributed by atoms with van der Waals surface area (Å²) >= 11 is 6.07. The number of hydrogen-bond acceptors (Lipinski definition) is 2. The molecule has 22 heavy (non-hydrogen) atoms. The molecule has 3 atom stereocenters. The Hall–Kier alpha value is -1.06. The van der Waals surface area contributed by atoms with E-state index in [0.29, 0.717) is 29.2 Å². The Kier molecular flexibility index (Phi) is 4.74. The number of halogens is 1. The van der Waals surface area contributed by atoms with Crippen molar-refractivity contribution in [2.45, 2.75) is 38.1 Å². The summed E-state index contributed by atoms with van der Waals surface area (Å²) in [5.41, 5.74) is 0.473. The number of carbonyl (C=O) groups is 1. The van der Waals surface area contributed by atoms with Gasteiger partial charge in [0.2, 0.25) is 0 Å².